The molecular weight excluding hydrogens is 116 g/mol. The smallest absolute Gasteiger partial charge is 0.293 e. The maximum atomic E-state index is 9.90. The highest BCUT2D eigenvalue weighted by Gasteiger charge is 2.39. The molecule has 0 radical (unpaired) electrons. The van der Waals surface area contributed by atoms with E-state index in [-0.39, 0.29) is 5.60 Å². The Morgan fingerprint density at radius 3 is 2.56 bits per heavy atom. The van der Waals surface area contributed by atoms with Crippen molar-refractivity contribution in [2.45, 2.75) is 32.3 Å². The van der Waals surface area contributed by atoms with Gasteiger partial charge >= 0.3 is 0 Å². The first-order chi connectivity index (χ1) is 4.16. The van der Waals surface area contributed by atoms with Crippen molar-refractivity contribution in [2.24, 2.45) is 5.92 Å². The third-order valence-corrected chi connectivity index (χ3v) is 1.89. The van der Waals surface area contributed by atoms with Crippen LogP contribution in [0.5, 0.6) is 0 Å². The van der Waals surface area contributed by atoms with Crippen molar-refractivity contribution in [1.29, 1.82) is 0 Å². The lowest BCUT2D eigenvalue weighted by Gasteiger charge is -2.41. The van der Waals surface area contributed by atoms with Crippen molar-refractivity contribution < 1.29 is 9.53 Å². The van der Waals surface area contributed by atoms with Crippen LogP contribution in [0.3, 0.4) is 0 Å². The second kappa shape index (κ2) is 2.01. The van der Waals surface area contributed by atoms with Gasteiger partial charge in [0.1, 0.15) is 5.60 Å². The first-order valence-corrected chi connectivity index (χ1v) is 3.28. The lowest BCUT2D eigenvalue weighted by Crippen LogP contribution is -2.41. The molecular formula is C7H12O2. The van der Waals surface area contributed by atoms with Crippen LogP contribution >= 0.6 is 0 Å². The second-order valence-electron chi connectivity index (χ2n) is 3.18. The Labute approximate surface area is 55.2 Å². The fourth-order valence-electron chi connectivity index (χ4n) is 1.63. The van der Waals surface area contributed by atoms with E-state index in [9.17, 15) is 4.79 Å². The van der Waals surface area contributed by atoms with Crippen LogP contribution < -0.4 is 0 Å². The van der Waals surface area contributed by atoms with Gasteiger partial charge in [-0.2, -0.15) is 0 Å². The normalized spacial score (nSPS) is 41.3. The number of hydrogen-bond donors (Lipinski definition) is 0. The highest BCUT2D eigenvalue weighted by molar-refractivity contribution is 5.38. The summed E-state index contributed by atoms with van der Waals surface area (Å²) in [6.07, 6.45) is 2.04. The molecule has 1 rings (SSSR count). The fraction of sp³-hybridized carbons (Fsp3) is 0.857. The van der Waals surface area contributed by atoms with Crippen LogP contribution in [0.1, 0.15) is 26.7 Å². The van der Waals surface area contributed by atoms with Crippen LogP contribution in [0.4, 0.5) is 0 Å². The van der Waals surface area contributed by atoms with Gasteiger partial charge in [0.05, 0.1) is 0 Å². The second-order valence-corrected chi connectivity index (χ2v) is 3.18. The number of hydrogen-bond acceptors (Lipinski definition) is 2. The molecule has 1 aliphatic rings. The summed E-state index contributed by atoms with van der Waals surface area (Å²) in [4.78, 5) is 9.90. The topological polar surface area (TPSA) is 26.3 Å². The number of carbonyl (C=O) groups is 1. The molecule has 0 atom stereocenters. The number of carbonyl (C=O) groups excluding carboxylic acids is 1. The van der Waals surface area contributed by atoms with Gasteiger partial charge in [-0.25, -0.2) is 0 Å². The monoisotopic (exact) mass is 128 g/mol. The largest absolute Gasteiger partial charge is 0.462 e. The van der Waals surface area contributed by atoms with Crippen LogP contribution in [0, 0.1) is 5.92 Å². The molecule has 2 heteroatoms. The average molecular weight is 128 g/mol. The summed E-state index contributed by atoms with van der Waals surface area (Å²) in [5.41, 5.74) is -0.124. The molecule has 1 aliphatic carbocycles. The van der Waals surface area contributed by atoms with Crippen LogP contribution in [0.2, 0.25) is 0 Å². The van der Waals surface area contributed by atoms with E-state index < -0.39 is 0 Å². The lowest BCUT2D eigenvalue weighted by molar-refractivity contribution is -0.155. The molecule has 0 aromatic heterocycles. The van der Waals surface area contributed by atoms with Gasteiger partial charge in [0.25, 0.3) is 6.47 Å². The lowest BCUT2D eigenvalue weighted by atomic mass is 9.73. The molecule has 0 spiro atoms. The van der Waals surface area contributed by atoms with Gasteiger partial charge in [-0.15, -0.1) is 0 Å². The summed E-state index contributed by atoms with van der Waals surface area (Å²) in [6, 6.07) is 0. The quantitative estimate of drug-likeness (QED) is 0.525. The van der Waals surface area contributed by atoms with Gasteiger partial charge in [-0.05, 0) is 25.7 Å². The molecule has 0 N–H and O–H groups in total. The van der Waals surface area contributed by atoms with Gasteiger partial charge in [-0.1, -0.05) is 6.92 Å². The van der Waals surface area contributed by atoms with Crippen LogP contribution in [-0.4, -0.2) is 12.1 Å². The van der Waals surface area contributed by atoms with Crippen molar-refractivity contribution in [3.05, 3.63) is 0 Å². The summed E-state index contributed by atoms with van der Waals surface area (Å²) in [5, 5.41) is 0. The summed E-state index contributed by atoms with van der Waals surface area (Å²) in [5.74, 6) is 0.731. The van der Waals surface area contributed by atoms with Crippen LogP contribution in [0.15, 0.2) is 0 Å². The van der Waals surface area contributed by atoms with Crippen molar-refractivity contribution in [1.82, 2.24) is 0 Å². The van der Waals surface area contributed by atoms with Gasteiger partial charge in [0.2, 0.25) is 0 Å². The Bertz CT molecular complexity index is 114. The molecule has 0 saturated heterocycles. The van der Waals surface area contributed by atoms with E-state index >= 15 is 0 Å². The van der Waals surface area contributed by atoms with E-state index in [1.807, 2.05) is 6.92 Å². The molecule has 52 valence electrons. The van der Waals surface area contributed by atoms with Crippen molar-refractivity contribution in [2.75, 3.05) is 0 Å². The summed E-state index contributed by atoms with van der Waals surface area (Å²) >= 11 is 0. The van der Waals surface area contributed by atoms with E-state index in [1.165, 1.54) is 0 Å². The van der Waals surface area contributed by atoms with Crippen molar-refractivity contribution in [3.63, 3.8) is 0 Å². The van der Waals surface area contributed by atoms with Crippen LogP contribution in [-0.2, 0) is 9.53 Å². The van der Waals surface area contributed by atoms with Gasteiger partial charge in [-0.3, -0.25) is 4.79 Å². The minimum atomic E-state index is -0.124. The molecule has 0 aromatic rings. The Balaban J connectivity index is 2.31. The minimum Gasteiger partial charge on any atom is -0.462 e. The first kappa shape index (κ1) is 6.59. The van der Waals surface area contributed by atoms with E-state index in [1.54, 1.807) is 0 Å². The average Bonchev–Trinajstić information content (AvgIpc) is 1.62. The first-order valence-electron chi connectivity index (χ1n) is 3.28. The Morgan fingerprint density at radius 1 is 1.67 bits per heavy atom. The number of rotatable bonds is 2. The summed E-state index contributed by atoms with van der Waals surface area (Å²) in [7, 11) is 0. The van der Waals surface area contributed by atoms with E-state index in [2.05, 4.69) is 6.92 Å². The van der Waals surface area contributed by atoms with Crippen LogP contribution in [0.25, 0.3) is 0 Å². The molecule has 0 heterocycles. The SMILES string of the molecule is CC1CC(C)(OC=O)C1. The van der Waals surface area contributed by atoms with E-state index in [4.69, 9.17) is 4.74 Å². The Morgan fingerprint density at radius 2 is 2.22 bits per heavy atom. The zero-order chi connectivity index (χ0) is 6.91. The van der Waals surface area contributed by atoms with E-state index in [0.29, 0.717) is 6.47 Å². The highest BCUT2D eigenvalue weighted by atomic mass is 16.5. The molecule has 2 nitrogen and oxygen atoms in total. The molecule has 0 aliphatic heterocycles. The third kappa shape index (κ3) is 1.23. The minimum absolute atomic E-state index is 0.124. The molecule has 1 saturated carbocycles. The van der Waals surface area contributed by atoms with Crippen molar-refractivity contribution in [3.8, 4) is 0 Å². The molecule has 0 amide bonds. The van der Waals surface area contributed by atoms with Gasteiger partial charge in [0, 0.05) is 0 Å². The maximum absolute atomic E-state index is 9.90. The van der Waals surface area contributed by atoms with Crippen molar-refractivity contribution >= 4 is 6.47 Å². The predicted octanol–water partition coefficient (Wildman–Crippen LogP) is 1.35. The fourth-order valence-corrected chi connectivity index (χ4v) is 1.63. The molecule has 0 unspecified atom stereocenters. The van der Waals surface area contributed by atoms with Gasteiger partial charge in [0.15, 0.2) is 0 Å². The molecule has 0 bridgehead atoms. The molecule has 9 heavy (non-hydrogen) atoms. The Hall–Kier alpha value is -0.530. The highest BCUT2D eigenvalue weighted by Crippen LogP contribution is 2.39. The maximum Gasteiger partial charge on any atom is 0.293 e. The molecule has 0 aromatic carbocycles. The zero-order valence-electron chi connectivity index (χ0n) is 5.89. The zero-order valence-corrected chi connectivity index (χ0v) is 5.89. The van der Waals surface area contributed by atoms with Gasteiger partial charge < -0.3 is 4.74 Å². The summed E-state index contributed by atoms with van der Waals surface area (Å²) in [6.45, 7) is 4.68. The number of ether oxygens (including phenoxy) is 1. The standard InChI is InChI=1S/C7H12O2/c1-6-3-7(2,4-6)9-5-8/h5-6H,3-4H2,1-2H3. The van der Waals surface area contributed by atoms with E-state index in [0.717, 1.165) is 18.8 Å². The Kier molecular flexibility index (Phi) is 1.47. The third-order valence-electron chi connectivity index (χ3n) is 1.89. The predicted molar refractivity (Wildman–Crippen MR) is 34.0 cm³/mol. The molecule has 1 fully saturated rings. The summed E-state index contributed by atoms with van der Waals surface area (Å²) < 4.78 is 4.86.